The number of nitrogens with one attached hydrogen (secondary N) is 1. The second kappa shape index (κ2) is 6.96. The van der Waals surface area contributed by atoms with Gasteiger partial charge in [-0.3, -0.25) is 24.6 Å². The zero-order valence-electron chi connectivity index (χ0n) is 14.7. The minimum Gasteiger partial charge on any atom is -0.325 e. The first kappa shape index (κ1) is 17.4. The Kier molecular flexibility index (Phi) is 4.49. The molecule has 8 heteroatoms. The Balaban J connectivity index is 1.40. The lowest BCUT2D eigenvalue weighted by molar-refractivity contribution is -0.384. The number of nitro groups is 1. The Morgan fingerprint density at radius 2 is 1.93 bits per heavy atom. The first-order valence-electron chi connectivity index (χ1n) is 8.96. The number of piperidine rings is 1. The van der Waals surface area contributed by atoms with Crippen molar-refractivity contribution in [3.05, 3.63) is 68.6 Å². The third-order valence-corrected chi connectivity index (χ3v) is 5.28. The van der Waals surface area contributed by atoms with Crippen molar-refractivity contribution < 1.29 is 9.72 Å². The quantitative estimate of drug-likeness (QED) is 0.656. The van der Waals surface area contributed by atoms with E-state index in [9.17, 15) is 19.7 Å². The number of rotatable bonds is 4. The van der Waals surface area contributed by atoms with Gasteiger partial charge in [0.05, 0.1) is 11.5 Å². The van der Waals surface area contributed by atoms with Crippen LogP contribution in [0.25, 0.3) is 0 Å². The minimum absolute atomic E-state index is 0.00855. The summed E-state index contributed by atoms with van der Waals surface area (Å²) < 4.78 is 1.87. The summed E-state index contributed by atoms with van der Waals surface area (Å²) in [4.78, 5) is 36.8. The lowest BCUT2D eigenvalue weighted by atomic mass is 9.83. The minimum atomic E-state index is -0.471. The highest BCUT2D eigenvalue weighted by Crippen LogP contribution is 2.34. The van der Waals surface area contributed by atoms with Crippen molar-refractivity contribution in [1.29, 1.82) is 0 Å². The van der Waals surface area contributed by atoms with E-state index >= 15 is 0 Å². The van der Waals surface area contributed by atoms with Crippen LogP contribution in [-0.2, 0) is 11.3 Å². The molecule has 1 N–H and O–H groups in total. The van der Waals surface area contributed by atoms with Gasteiger partial charge in [0.25, 0.3) is 11.2 Å². The maximum Gasteiger partial charge on any atom is 0.269 e. The third-order valence-electron chi connectivity index (χ3n) is 5.28. The van der Waals surface area contributed by atoms with Gasteiger partial charge in [-0.15, -0.1) is 0 Å². The molecule has 3 heterocycles. The molecule has 0 unspecified atom stereocenters. The first-order valence-corrected chi connectivity index (χ1v) is 8.96. The Morgan fingerprint density at radius 3 is 2.67 bits per heavy atom. The van der Waals surface area contributed by atoms with E-state index in [2.05, 4.69) is 10.2 Å². The summed E-state index contributed by atoms with van der Waals surface area (Å²) in [5, 5.41) is 13.5. The van der Waals surface area contributed by atoms with Crippen molar-refractivity contribution in [2.45, 2.75) is 18.9 Å². The van der Waals surface area contributed by atoms with Crippen LogP contribution in [0.3, 0.4) is 0 Å². The summed E-state index contributed by atoms with van der Waals surface area (Å²) >= 11 is 0. The van der Waals surface area contributed by atoms with Crippen molar-refractivity contribution in [2.24, 2.45) is 5.92 Å². The van der Waals surface area contributed by atoms with E-state index in [1.54, 1.807) is 12.1 Å². The number of hydrogen-bond donors (Lipinski definition) is 1. The van der Waals surface area contributed by atoms with Gasteiger partial charge in [-0.25, -0.2) is 0 Å². The van der Waals surface area contributed by atoms with Gasteiger partial charge in [-0.1, -0.05) is 6.07 Å². The first-order chi connectivity index (χ1) is 13.0. The van der Waals surface area contributed by atoms with Crippen LogP contribution in [0.4, 0.5) is 11.4 Å². The Bertz CT molecular complexity index is 937. The fourth-order valence-corrected chi connectivity index (χ4v) is 4.19. The smallest absolute Gasteiger partial charge is 0.269 e. The van der Waals surface area contributed by atoms with E-state index < -0.39 is 4.92 Å². The molecule has 8 nitrogen and oxygen atoms in total. The lowest BCUT2D eigenvalue weighted by Crippen LogP contribution is -2.49. The zero-order valence-corrected chi connectivity index (χ0v) is 14.7. The number of carbonyl (C=O) groups excluding carboxylic acids is 1. The molecule has 2 bridgehead atoms. The molecule has 1 aromatic carbocycles. The molecule has 140 valence electrons. The number of aromatic nitrogens is 1. The van der Waals surface area contributed by atoms with Gasteiger partial charge in [-0.2, -0.15) is 0 Å². The fraction of sp³-hybridized carbons (Fsp3) is 0.368. The number of pyridine rings is 1. The lowest BCUT2D eigenvalue weighted by Gasteiger charge is -2.42. The van der Waals surface area contributed by atoms with Gasteiger partial charge in [0.15, 0.2) is 0 Å². The monoisotopic (exact) mass is 368 g/mol. The number of anilines is 1. The molecule has 1 saturated heterocycles. The Labute approximate surface area is 155 Å². The molecule has 2 aliphatic heterocycles. The average molecular weight is 368 g/mol. The van der Waals surface area contributed by atoms with E-state index in [4.69, 9.17) is 0 Å². The van der Waals surface area contributed by atoms with Crippen molar-refractivity contribution in [3.63, 3.8) is 0 Å². The van der Waals surface area contributed by atoms with Gasteiger partial charge in [0, 0.05) is 55.1 Å². The van der Waals surface area contributed by atoms with E-state index in [0.29, 0.717) is 18.2 Å². The molecule has 4 rings (SSSR count). The number of hydrogen-bond acceptors (Lipinski definition) is 5. The standard InChI is InChI=1S/C19H20N4O4/c24-18(20-15-4-6-16(7-5-15)23(26)27)12-21-9-13-8-14(11-21)17-2-1-3-19(25)22(17)10-13/h1-7,13-14H,8-12H2,(H,20,24)/t13-,14-/m0/s1. The molecule has 0 saturated carbocycles. The molecule has 27 heavy (non-hydrogen) atoms. The summed E-state index contributed by atoms with van der Waals surface area (Å²) in [5.74, 6) is 0.483. The van der Waals surface area contributed by atoms with Crippen molar-refractivity contribution in [2.75, 3.05) is 25.0 Å². The molecule has 0 spiro atoms. The molecule has 0 aliphatic carbocycles. The topological polar surface area (TPSA) is 97.5 Å². The van der Waals surface area contributed by atoms with Gasteiger partial charge in [-0.05, 0) is 30.5 Å². The molecular weight excluding hydrogens is 348 g/mol. The van der Waals surface area contributed by atoms with Crippen molar-refractivity contribution >= 4 is 17.3 Å². The second-order valence-corrected chi connectivity index (χ2v) is 7.24. The summed E-state index contributed by atoms with van der Waals surface area (Å²) in [7, 11) is 0. The van der Waals surface area contributed by atoms with Crippen LogP contribution in [0.2, 0.25) is 0 Å². The highest BCUT2D eigenvalue weighted by molar-refractivity contribution is 5.92. The normalized spacial score (nSPS) is 21.3. The van der Waals surface area contributed by atoms with Gasteiger partial charge in [0.1, 0.15) is 0 Å². The fourth-order valence-electron chi connectivity index (χ4n) is 4.19. The Hall–Kier alpha value is -3.00. The van der Waals surface area contributed by atoms with Crippen molar-refractivity contribution in [3.8, 4) is 0 Å². The third kappa shape index (κ3) is 3.61. The molecule has 2 aliphatic rings. The number of benzene rings is 1. The van der Waals surface area contributed by atoms with Crippen molar-refractivity contribution in [1.82, 2.24) is 9.47 Å². The SMILES string of the molecule is O=C(CN1C[C@@H]2C[C@@H](C1)c1cccc(=O)n1C2)Nc1ccc([N+](=O)[O-])cc1. The van der Waals surface area contributed by atoms with Crippen LogP contribution in [0.15, 0.2) is 47.3 Å². The van der Waals surface area contributed by atoms with Crippen LogP contribution in [-0.4, -0.2) is 39.9 Å². The van der Waals surface area contributed by atoms with Crippen LogP contribution in [0.5, 0.6) is 0 Å². The molecule has 1 aromatic heterocycles. The number of fused-ring (bicyclic) bond motifs is 4. The van der Waals surface area contributed by atoms with Crippen LogP contribution < -0.4 is 10.9 Å². The maximum absolute atomic E-state index is 12.4. The van der Waals surface area contributed by atoms with Crippen LogP contribution >= 0.6 is 0 Å². The van der Waals surface area contributed by atoms with E-state index in [1.807, 2.05) is 10.6 Å². The van der Waals surface area contributed by atoms with E-state index in [0.717, 1.165) is 25.2 Å². The largest absolute Gasteiger partial charge is 0.325 e. The number of likely N-dealkylation sites (tertiary alicyclic amines) is 1. The summed E-state index contributed by atoms with van der Waals surface area (Å²) in [5.41, 5.74) is 1.64. The highest BCUT2D eigenvalue weighted by Gasteiger charge is 2.34. The number of nitro benzene ring substituents is 1. The highest BCUT2D eigenvalue weighted by atomic mass is 16.6. The molecule has 1 fully saturated rings. The number of carbonyl (C=O) groups is 1. The predicted molar refractivity (Wildman–Crippen MR) is 99.7 cm³/mol. The number of non-ortho nitro benzene ring substituents is 1. The van der Waals surface area contributed by atoms with Gasteiger partial charge >= 0.3 is 0 Å². The number of nitrogens with zero attached hydrogens (tertiary/aromatic N) is 3. The Morgan fingerprint density at radius 1 is 1.15 bits per heavy atom. The van der Waals surface area contributed by atoms with Gasteiger partial charge < -0.3 is 9.88 Å². The summed E-state index contributed by atoms with van der Waals surface area (Å²) in [6.45, 7) is 2.49. The van der Waals surface area contributed by atoms with E-state index in [1.165, 1.54) is 24.3 Å². The molecule has 0 radical (unpaired) electrons. The predicted octanol–water partition coefficient (Wildman–Crippen LogP) is 1.81. The number of amides is 1. The summed E-state index contributed by atoms with van der Waals surface area (Å²) in [6.07, 6.45) is 1.05. The second-order valence-electron chi connectivity index (χ2n) is 7.24. The molecule has 2 aromatic rings. The zero-order chi connectivity index (χ0) is 19.0. The molecule has 1 amide bonds. The van der Waals surface area contributed by atoms with Gasteiger partial charge in [0.2, 0.25) is 5.91 Å². The average Bonchev–Trinajstić information content (AvgIpc) is 2.63. The van der Waals surface area contributed by atoms with Crippen LogP contribution in [0, 0.1) is 16.0 Å². The van der Waals surface area contributed by atoms with E-state index in [-0.39, 0.29) is 29.6 Å². The molecular formula is C19H20N4O4. The maximum atomic E-state index is 12.4. The molecule has 2 atom stereocenters. The van der Waals surface area contributed by atoms with Crippen LogP contribution in [0.1, 0.15) is 18.0 Å². The summed E-state index contributed by atoms with van der Waals surface area (Å²) in [6, 6.07) is 11.2.